The van der Waals surface area contributed by atoms with Gasteiger partial charge >= 0.3 is 0 Å². The highest BCUT2D eigenvalue weighted by atomic mass is 15.2. The van der Waals surface area contributed by atoms with Gasteiger partial charge in [-0.1, -0.05) is 12.2 Å². The smallest absolute Gasteiger partial charge is 0.129 e. The minimum absolute atomic E-state index is 0.741. The Balaban J connectivity index is 2.92. The van der Waals surface area contributed by atoms with Crippen LogP contribution in [0.1, 0.15) is 19.5 Å². The van der Waals surface area contributed by atoms with E-state index in [1.54, 1.807) is 0 Å². The third kappa shape index (κ3) is 2.98. The van der Waals surface area contributed by atoms with Gasteiger partial charge in [-0.15, -0.1) is 0 Å². The van der Waals surface area contributed by atoms with Gasteiger partial charge in [0.05, 0.1) is 11.4 Å². The average molecular weight is 205 g/mol. The van der Waals surface area contributed by atoms with E-state index < -0.39 is 0 Å². The van der Waals surface area contributed by atoms with Gasteiger partial charge in [-0.2, -0.15) is 0 Å². The number of hydrogen-bond acceptors (Lipinski definition) is 3. The zero-order valence-electron chi connectivity index (χ0n) is 9.75. The number of nitrogens with zero attached hydrogens (tertiary/aromatic N) is 2. The second-order valence-electron chi connectivity index (χ2n) is 3.82. The number of nitrogen functional groups attached to an aromatic ring is 1. The molecule has 1 rings (SSSR count). The Morgan fingerprint density at radius 2 is 2.20 bits per heavy atom. The fraction of sp³-hybridized carbons (Fsp3) is 0.417. The predicted molar refractivity (Wildman–Crippen MR) is 66.1 cm³/mol. The Bertz CT molecular complexity index is 358. The summed E-state index contributed by atoms with van der Waals surface area (Å²) in [5, 5.41) is 0. The van der Waals surface area contributed by atoms with E-state index in [-0.39, 0.29) is 0 Å². The molecule has 0 saturated heterocycles. The van der Waals surface area contributed by atoms with Gasteiger partial charge in [0.2, 0.25) is 0 Å². The third-order valence-corrected chi connectivity index (χ3v) is 2.28. The van der Waals surface area contributed by atoms with E-state index in [2.05, 4.69) is 23.4 Å². The monoisotopic (exact) mass is 205 g/mol. The average Bonchev–Trinajstić information content (AvgIpc) is 2.18. The molecule has 3 nitrogen and oxygen atoms in total. The van der Waals surface area contributed by atoms with Crippen molar-refractivity contribution >= 4 is 11.5 Å². The summed E-state index contributed by atoms with van der Waals surface area (Å²) in [5.41, 5.74) is 8.49. The van der Waals surface area contributed by atoms with Gasteiger partial charge in [0, 0.05) is 13.1 Å². The zero-order chi connectivity index (χ0) is 11.4. The number of hydrogen-bond donors (Lipinski definition) is 1. The molecule has 82 valence electrons. The van der Waals surface area contributed by atoms with Crippen molar-refractivity contribution in [3.63, 3.8) is 0 Å². The molecular weight excluding hydrogens is 186 g/mol. The lowest BCUT2D eigenvalue weighted by atomic mass is 10.2. The highest BCUT2D eigenvalue weighted by molar-refractivity contribution is 5.50. The number of aromatic nitrogens is 1. The molecular formula is C12H19N3. The summed E-state index contributed by atoms with van der Waals surface area (Å²) in [5.74, 6) is 0.965. The summed E-state index contributed by atoms with van der Waals surface area (Å²) in [6, 6.07) is 3.85. The number of anilines is 2. The van der Waals surface area contributed by atoms with Crippen LogP contribution in [-0.4, -0.2) is 18.1 Å². The Morgan fingerprint density at radius 3 is 2.67 bits per heavy atom. The molecule has 0 aliphatic heterocycles. The largest absolute Gasteiger partial charge is 0.397 e. The van der Waals surface area contributed by atoms with Crippen LogP contribution in [-0.2, 0) is 0 Å². The summed E-state index contributed by atoms with van der Waals surface area (Å²) in [4.78, 5) is 6.63. The van der Waals surface area contributed by atoms with E-state index in [1.807, 2.05) is 26.0 Å². The van der Waals surface area contributed by atoms with Crippen LogP contribution < -0.4 is 10.6 Å². The molecule has 0 bridgehead atoms. The summed E-state index contributed by atoms with van der Waals surface area (Å²) in [6.07, 6.45) is 0. The van der Waals surface area contributed by atoms with Crippen LogP contribution in [0.5, 0.6) is 0 Å². The molecule has 2 N–H and O–H groups in total. The van der Waals surface area contributed by atoms with Crippen LogP contribution in [0, 0.1) is 6.92 Å². The van der Waals surface area contributed by atoms with Crippen molar-refractivity contribution in [2.24, 2.45) is 0 Å². The van der Waals surface area contributed by atoms with E-state index in [1.165, 1.54) is 0 Å². The normalized spacial score (nSPS) is 10.1. The van der Waals surface area contributed by atoms with E-state index in [0.717, 1.165) is 35.9 Å². The first-order valence-corrected chi connectivity index (χ1v) is 5.17. The van der Waals surface area contributed by atoms with Crippen LogP contribution >= 0.6 is 0 Å². The minimum Gasteiger partial charge on any atom is -0.397 e. The van der Waals surface area contributed by atoms with Gasteiger partial charge in [-0.25, -0.2) is 4.98 Å². The molecule has 0 aliphatic carbocycles. The third-order valence-electron chi connectivity index (χ3n) is 2.28. The Kier molecular flexibility index (Phi) is 3.72. The Morgan fingerprint density at radius 1 is 1.53 bits per heavy atom. The van der Waals surface area contributed by atoms with Gasteiger partial charge < -0.3 is 10.6 Å². The topological polar surface area (TPSA) is 42.1 Å². The van der Waals surface area contributed by atoms with Crippen LogP contribution in [0.25, 0.3) is 0 Å². The lowest BCUT2D eigenvalue weighted by Gasteiger charge is -2.22. The van der Waals surface area contributed by atoms with Gasteiger partial charge in [0.15, 0.2) is 0 Å². The van der Waals surface area contributed by atoms with Crippen molar-refractivity contribution in [2.75, 3.05) is 23.7 Å². The summed E-state index contributed by atoms with van der Waals surface area (Å²) >= 11 is 0. The van der Waals surface area contributed by atoms with Crippen molar-refractivity contribution in [1.82, 2.24) is 4.98 Å². The molecule has 3 heteroatoms. The van der Waals surface area contributed by atoms with Gasteiger partial charge in [0.1, 0.15) is 5.82 Å². The second-order valence-corrected chi connectivity index (χ2v) is 3.82. The first-order valence-electron chi connectivity index (χ1n) is 5.17. The van der Waals surface area contributed by atoms with E-state index in [9.17, 15) is 0 Å². The number of nitrogens with two attached hydrogens (primary N) is 1. The molecule has 0 unspecified atom stereocenters. The van der Waals surface area contributed by atoms with Crippen molar-refractivity contribution in [3.8, 4) is 0 Å². The summed E-state index contributed by atoms with van der Waals surface area (Å²) in [6.45, 7) is 11.7. The molecule has 0 radical (unpaired) electrons. The molecule has 0 atom stereocenters. The van der Waals surface area contributed by atoms with Crippen molar-refractivity contribution in [1.29, 1.82) is 0 Å². The van der Waals surface area contributed by atoms with E-state index >= 15 is 0 Å². The number of likely N-dealkylation sites (N-methyl/N-ethyl adjacent to an activating group) is 1. The molecule has 0 spiro atoms. The minimum atomic E-state index is 0.741. The highest BCUT2D eigenvalue weighted by Gasteiger charge is 2.06. The lowest BCUT2D eigenvalue weighted by molar-refractivity contribution is 0.856. The maximum absolute atomic E-state index is 5.73. The van der Waals surface area contributed by atoms with Crippen molar-refractivity contribution in [3.05, 3.63) is 30.0 Å². The van der Waals surface area contributed by atoms with Crippen molar-refractivity contribution in [2.45, 2.75) is 20.8 Å². The Labute approximate surface area is 91.6 Å². The first-order chi connectivity index (χ1) is 7.04. The van der Waals surface area contributed by atoms with Crippen LogP contribution in [0.15, 0.2) is 24.3 Å². The molecule has 0 aromatic carbocycles. The molecule has 0 saturated carbocycles. The van der Waals surface area contributed by atoms with Gasteiger partial charge in [-0.05, 0) is 32.9 Å². The highest BCUT2D eigenvalue weighted by Crippen LogP contribution is 2.16. The van der Waals surface area contributed by atoms with E-state index in [4.69, 9.17) is 5.73 Å². The number of rotatable bonds is 4. The van der Waals surface area contributed by atoms with Gasteiger partial charge in [-0.3, -0.25) is 0 Å². The molecule has 1 heterocycles. The van der Waals surface area contributed by atoms with Crippen LogP contribution in [0.3, 0.4) is 0 Å². The van der Waals surface area contributed by atoms with E-state index in [0.29, 0.717) is 0 Å². The van der Waals surface area contributed by atoms with Crippen LogP contribution in [0.2, 0.25) is 0 Å². The number of aryl methyl sites for hydroxylation is 1. The quantitative estimate of drug-likeness (QED) is 0.767. The zero-order valence-corrected chi connectivity index (χ0v) is 9.75. The Hall–Kier alpha value is -1.51. The SMILES string of the molecule is C=C(C)CN(CC)c1ccc(N)c(C)n1. The van der Waals surface area contributed by atoms with Crippen molar-refractivity contribution < 1.29 is 0 Å². The first kappa shape index (κ1) is 11.6. The maximum Gasteiger partial charge on any atom is 0.129 e. The fourth-order valence-corrected chi connectivity index (χ4v) is 1.42. The molecule has 0 aliphatic rings. The maximum atomic E-state index is 5.73. The molecule has 1 aromatic heterocycles. The summed E-state index contributed by atoms with van der Waals surface area (Å²) in [7, 11) is 0. The van der Waals surface area contributed by atoms with Gasteiger partial charge in [0.25, 0.3) is 0 Å². The lowest BCUT2D eigenvalue weighted by Crippen LogP contribution is -2.25. The molecule has 0 fully saturated rings. The number of pyridine rings is 1. The molecule has 0 amide bonds. The van der Waals surface area contributed by atoms with Crippen LogP contribution in [0.4, 0.5) is 11.5 Å². The second kappa shape index (κ2) is 4.82. The standard InChI is InChI=1S/C12H19N3/c1-5-15(8-9(2)3)12-7-6-11(13)10(4)14-12/h6-7H,2,5,8,13H2,1,3-4H3. The fourth-order valence-electron chi connectivity index (χ4n) is 1.42. The summed E-state index contributed by atoms with van der Waals surface area (Å²) < 4.78 is 0. The predicted octanol–water partition coefficient (Wildman–Crippen LogP) is 2.37. The molecule has 15 heavy (non-hydrogen) atoms. The molecule has 1 aromatic rings.